The van der Waals surface area contributed by atoms with Gasteiger partial charge in [-0.2, -0.15) is 0 Å². The number of carbonyl (C=O) groups excluding carboxylic acids is 2. The SMILES string of the molecule is C[C@@H]1C[C@H]2O[C@@H]2\C=C/C=C\C(=N\OCCN2CCCC2=O)Cc2c(Cl)c(O)cc(O)c2C(=O)O1. The Kier molecular flexibility index (Phi) is 7.43. The molecule has 3 aliphatic rings. The number of carbonyl (C=O) groups is 2. The second kappa shape index (κ2) is 10.5. The van der Waals surface area contributed by atoms with Crippen molar-refractivity contribution in [2.45, 2.75) is 50.9 Å². The molecule has 0 bridgehead atoms. The minimum atomic E-state index is -0.761. The maximum Gasteiger partial charge on any atom is 0.342 e. The average Bonchev–Trinajstić information content (AvgIpc) is 3.38. The summed E-state index contributed by atoms with van der Waals surface area (Å²) in [7, 11) is 0. The highest BCUT2D eigenvalue weighted by Crippen LogP contribution is 2.38. The van der Waals surface area contributed by atoms with Gasteiger partial charge >= 0.3 is 5.97 Å². The molecule has 0 aliphatic carbocycles. The van der Waals surface area contributed by atoms with Crippen LogP contribution in [0.4, 0.5) is 0 Å². The fraction of sp³-hybridized carbons (Fsp3) is 0.458. The predicted octanol–water partition coefficient (Wildman–Crippen LogP) is 3.12. The third kappa shape index (κ3) is 5.71. The number of benzene rings is 1. The first-order valence-corrected chi connectivity index (χ1v) is 11.6. The molecule has 182 valence electrons. The fourth-order valence-electron chi connectivity index (χ4n) is 4.07. The molecular formula is C24H27ClN2O7. The van der Waals surface area contributed by atoms with Gasteiger partial charge in [0.2, 0.25) is 5.91 Å². The number of hydrogen-bond donors (Lipinski definition) is 2. The Morgan fingerprint density at radius 2 is 2.09 bits per heavy atom. The van der Waals surface area contributed by atoms with Crippen molar-refractivity contribution >= 4 is 29.2 Å². The van der Waals surface area contributed by atoms with E-state index in [4.69, 9.17) is 25.9 Å². The number of oxime groups is 1. The van der Waals surface area contributed by atoms with Crippen molar-refractivity contribution in [3.63, 3.8) is 0 Å². The molecule has 3 aliphatic heterocycles. The van der Waals surface area contributed by atoms with E-state index < -0.39 is 17.8 Å². The normalized spacial score (nSPS) is 28.0. The van der Waals surface area contributed by atoms with E-state index >= 15 is 0 Å². The number of phenols is 2. The van der Waals surface area contributed by atoms with Gasteiger partial charge in [-0.1, -0.05) is 35.0 Å². The van der Waals surface area contributed by atoms with E-state index in [1.807, 2.05) is 12.2 Å². The Balaban J connectivity index is 1.61. The molecule has 4 rings (SSSR count). The topological polar surface area (TPSA) is 121 Å². The van der Waals surface area contributed by atoms with Gasteiger partial charge in [0, 0.05) is 31.9 Å². The molecule has 3 atom stereocenters. The van der Waals surface area contributed by atoms with Crippen LogP contribution in [-0.4, -0.2) is 70.7 Å². The van der Waals surface area contributed by atoms with E-state index in [-0.39, 0.29) is 53.0 Å². The number of hydrogen-bond acceptors (Lipinski definition) is 8. The summed E-state index contributed by atoms with van der Waals surface area (Å²) in [5, 5.41) is 24.7. The van der Waals surface area contributed by atoms with Crippen molar-refractivity contribution in [3.8, 4) is 11.5 Å². The fourth-order valence-corrected chi connectivity index (χ4v) is 4.29. The smallest absolute Gasteiger partial charge is 0.342 e. The zero-order valence-electron chi connectivity index (χ0n) is 18.8. The number of nitrogens with zero attached hydrogens (tertiary/aromatic N) is 2. The third-order valence-corrected chi connectivity index (χ3v) is 6.31. The van der Waals surface area contributed by atoms with Crippen molar-refractivity contribution in [3.05, 3.63) is 46.5 Å². The number of likely N-dealkylation sites (tertiary alicyclic amines) is 1. The summed E-state index contributed by atoms with van der Waals surface area (Å²) < 4.78 is 11.1. The Bertz CT molecular complexity index is 1050. The first kappa shape index (κ1) is 24.1. The molecule has 2 saturated heterocycles. The lowest BCUT2D eigenvalue weighted by molar-refractivity contribution is -0.128. The number of epoxide rings is 1. The van der Waals surface area contributed by atoms with Crippen LogP contribution in [0.25, 0.3) is 0 Å². The molecule has 0 spiro atoms. The van der Waals surface area contributed by atoms with Gasteiger partial charge in [-0.15, -0.1) is 0 Å². The zero-order valence-corrected chi connectivity index (χ0v) is 19.5. The van der Waals surface area contributed by atoms with Gasteiger partial charge in [0.1, 0.15) is 35.9 Å². The molecule has 0 aromatic heterocycles. The first-order valence-electron chi connectivity index (χ1n) is 11.2. The molecule has 0 unspecified atom stereocenters. The lowest BCUT2D eigenvalue weighted by Gasteiger charge is -2.17. The van der Waals surface area contributed by atoms with Crippen molar-refractivity contribution < 1.29 is 34.1 Å². The molecule has 1 amide bonds. The molecule has 2 N–H and O–H groups in total. The second-order valence-electron chi connectivity index (χ2n) is 8.49. The summed E-state index contributed by atoms with van der Waals surface area (Å²) in [6, 6.07) is 1.01. The van der Waals surface area contributed by atoms with Gasteiger partial charge in [0.15, 0.2) is 0 Å². The van der Waals surface area contributed by atoms with Crippen LogP contribution in [0.1, 0.15) is 42.1 Å². The van der Waals surface area contributed by atoms with Gasteiger partial charge in [-0.05, 0) is 25.0 Å². The van der Waals surface area contributed by atoms with Crippen LogP contribution in [0.5, 0.6) is 11.5 Å². The van der Waals surface area contributed by atoms with Crippen LogP contribution in [0.2, 0.25) is 5.02 Å². The van der Waals surface area contributed by atoms with Gasteiger partial charge in [-0.25, -0.2) is 4.79 Å². The van der Waals surface area contributed by atoms with Crippen LogP contribution in [0.3, 0.4) is 0 Å². The summed E-state index contributed by atoms with van der Waals surface area (Å²) in [6.45, 7) is 3.07. The quantitative estimate of drug-likeness (QED) is 0.288. The second-order valence-corrected chi connectivity index (χ2v) is 8.87. The maximum absolute atomic E-state index is 12.9. The van der Waals surface area contributed by atoms with E-state index in [0.717, 1.165) is 12.5 Å². The van der Waals surface area contributed by atoms with Crippen LogP contribution in [0, 0.1) is 0 Å². The highest BCUT2D eigenvalue weighted by Gasteiger charge is 2.38. The van der Waals surface area contributed by atoms with Crippen molar-refractivity contribution in [2.24, 2.45) is 5.16 Å². The number of phenolic OH excluding ortho intramolecular Hbond substituents is 2. The number of halogens is 1. The Morgan fingerprint density at radius 1 is 1.26 bits per heavy atom. The van der Waals surface area contributed by atoms with Crippen LogP contribution >= 0.6 is 11.6 Å². The molecule has 34 heavy (non-hydrogen) atoms. The highest BCUT2D eigenvalue weighted by molar-refractivity contribution is 6.33. The number of esters is 1. The molecule has 0 radical (unpaired) electrons. The summed E-state index contributed by atoms with van der Waals surface area (Å²) in [6.07, 6.45) is 8.46. The summed E-state index contributed by atoms with van der Waals surface area (Å²) in [5.41, 5.74) is 0.413. The molecular weight excluding hydrogens is 464 g/mol. The lowest BCUT2D eigenvalue weighted by Crippen LogP contribution is -2.28. The summed E-state index contributed by atoms with van der Waals surface area (Å²) >= 11 is 6.33. The van der Waals surface area contributed by atoms with Gasteiger partial charge in [-0.3, -0.25) is 4.79 Å². The largest absolute Gasteiger partial charge is 0.507 e. The number of cyclic esters (lactones) is 1. The minimum Gasteiger partial charge on any atom is -0.507 e. The van der Waals surface area contributed by atoms with Crippen LogP contribution in [0.15, 0.2) is 35.5 Å². The minimum absolute atomic E-state index is 0.0187. The van der Waals surface area contributed by atoms with Crippen molar-refractivity contribution in [2.75, 3.05) is 19.7 Å². The number of ether oxygens (including phenoxy) is 2. The molecule has 1 aromatic carbocycles. The average molecular weight is 491 g/mol. The molecule has 1 aromatic rings. The molecule has 10 heteroatoms. The van der Waals surface area contributed by atoms with Crippen LogP contribution in [-0.2, 0) is 25.5 Å². The first-order chi connectivity index (χ1) is 16.3. The van der Waals surface area contributed by atoms with Crippen molar-refractivity contribution in [1.29, 1.82) is 0 Å². The van der Waals surface area contributed by atoms with Crippen LogP contribution < -0.4 is 0 Å². The molecule has 0 saturated carbocycles. The number of fused-ring (bicyclic) bond motifs is 2. The number of rotatable bonds is 4. The lowest BCUT2D eigenvalue weighted by atomic mass is 9.99. The van der Waals surface area contributed by atoms with E-state index in [9.17, 15) is 19.8 Å². The monoisotopic (exact) mass is 490 g/mol. The van der Waals surface area contributed by atoms with E-state index in [1.165, 1.54) is 0 Å². The number of allylic oxidation sites excluding steroid dienone is 3. The summed E-state index contributed by atoms with van der Waals surface area (Å²) in [4.78, 5) is 31.9. The van der Waals surface area contributed by atoms with E-state index in [0.29, 0.717) is 31.6 Å². The third-order valence-electron chi connectivity index (χ3n) is 5.88. The summed E-state index contributed by atoms with van der Waals surface area (Å²) in [5.74, 6) is -1.48. The zero-order chi connectivity index (χ0) is 24.2. The Hall–Kier alpha value is -3.04. The number of amides is 1. The Labute approximate surface area is 202 Å². The van der Waals surface area contributed by atoms with Gasteiger partial charge < -0.3 is 29.4 Å². The van der Waals surface area contributed by atoms with E-state index in [2.05, 4.69) is 5.16 Å². The van der Waals surface area contributed by atoms with Gasteiger partial charge in [0.25, 0.3) is 0 Å². The molecule has 9 nitrogen and oxygen atoms in total. The standard InChI is InChI=1S/C24H27ClN2O7/c1-14-11-20-19(34-20)6-3-2-5-15(26-32-10-9-27-8-4-7-21(27)30)12-16-22(24(31)33-14)17(28)13-18(29)23(16)25/h2-3,5-6,13-14,19-20,28-29H,4,7-12H2,1H3/b5-2-,6-3-,26-15-/t14-,19-,20-/m1/s1. The predicted molar refractivity (Wildman–Crippen MR) is 124 cm³/mol. The van der Waals surface area contributed by atoms with Gasteiger partial charge in [0.05, 0.1) is 23.4 Å². The molecule has 2 fully saturated rings. The number of aromatic hydroxyl groups is 2. The van der Waals surface area contributed by atoms with Crippen molar-refractivity contribution in [1.82, 2.24) is 4.90 Å². The van der Waals surface area contributed by atoms with E-state index in [1.54, 1.807) is 24.0 Å². The Morgan fingerprint density at radius 3 is 2.85 bits per heavy atom. The molecule has 3 heterocycles. The highest BCUT2D eigenvalue weighted by atomic mass is 35.5. The maximum atomic E-state index is 12.9.